The molecule has 1 saturated heterocycles. The van der Waals surface area contributed by atoms with Gasteiger partial charge in [0.1, 0.15) is 5.82 Å². The van der Waals surface area contributed by atoms with Gasteiger partial charge in [0, 0.05) is 30.3 Å². The first kappa shape index (κ1) is 21.9. The Morgan fingerprint density at radius 3 is 2.57 bits per heavy atom. The number of hydrogen-bond donors (Lipinski definition) is 3. The van der Waals surface area contributed by atoms with E-state index in [0.29, 0.717) is 36.3 Å². The molecule has 5 nitrogen and oxygen atoms in total. The van der Waals surface area contributed by atoms with E-state index >= 15 is 0 Å². The van der Waals surface area contributed by atoms with Gasteiger partial charge in [-0.3, -0.25) is 9.89 Å². The summed E-state index contributed by atoms with van der Waals surface area (Å²) < 4.78 is 41.5. The number of carbonyl (C=O) groups is 1. The number of amides is 1. The van der Waals surface area contributed by atoms with Crippen LogP contribution in [0.4, 0.5) is 13.2 Å². The van der Waals surface area contributed by atoms with Crippen molar-refractivity contribution in [3.8, 4) is 11.3 Å². The number of halogens is 4. The van der Waals surface area contributed by atoms with Crippen LogP contribution in [0, 0.1) is 17.5 Å². The van der Waals surface area contributed by atoms with Crippen LogP contribution >= 0.6 is 12.4 Å². The van der Waals surface area contributed by atoms with Crippen LogP contribution in [0.3, 0.4) is 0 Å². The van der Waals surface area contributed by atoms with Crippen molar-refractivity contribution in [3.63, 3.8) is 0 Å². The van der Waals surface area contributed by atoms with Gasteiger partial charge in [-0.25, -0.2) is 13.2 Å². The Morgan fingerprint density at radius 1 is 1.03 bits per heavy atom. The first-order valence-electron chi connectivity index (χ1n) is 9.29. The summed E-state index contributed by atoms with van der Waals surface area (Å²) in [6.07, 6.45) is 2.19. The second kappa shape index (κ2) is 9.32. The van der Waals surface area contributed by atoms with Crippen LogP contribution in [0.1, 0.15) is 28.3 Å². The van der Waals surface area contributed by atoms with Crippen molar-refractivity contribution >= 4 is 18.3 Å². The van der Waals surface area contributed by atoms with Crippen LogP contribution in [0.5, 0.6) is 0 Å². The minimum atomic E-state index is -0.924. The van der Waals surface area contributed by atoms with Crippen molar-refractivity contribution in [2.75, 3.05) is 13.1 Å². The first-order chi connectivity index (χ1) is 14.0. The van der Waals surface area contributed by atoms with Crippen LogP contribution in [-0.4, -0.2) is 35.2 Å². The summed E-state index contributed by atoms with van der Waals surface area (Å²) in [6.45, 7) is 1.13. The Morgan fingerprint density at radius 2 is 1.87 bits per heavy atom. The minimum absolute atomic E-state index is 0. The van der Waals surface area contributed by atoms with E-state index in [9.17, 15) is 18.0 Å². The lowest BCUT2D eigenvalue weighted by Crippen LogP contribution is -2.50. The number of nitrogens with zero attached hydrogens (tertiary/aromatic N) is 1. The van der Waals surface area contributed by atoms with Crippen LogP contribution in [-0.2, 0) is 0 Å². The fraction of sp³-hybridized carbons (Fsp3) is 0.238. The molecule has 0 unspecified atom stereocenters. The van der Waals surface area contributed by atoms with Crippen molar-refractivity contribution < 1.29 is 18.0 Å². The lowest BCUT2D eigenvalue weighted by molar-refractivity contribution is 0.0920. The molecule has 9 heteroatoms. The molecule has 1 amide bonds. The fourth-order valence-electron chi connectivity index (χ4n) is 3.68. The summed E-state index contributed by atoms with van der Waals surface area (Å²) in [5.41, 5.74) is 1.75. The van der Waals surface area contributed by atoms with E-state index in [0.717, 1.165) is 12.1 Å². The van der Waals surface area contributed by atoms with Gasteiger partial charge in [0.25, 0.3) is 5.91 Å². The molecule has 4 rings (SSSR count). The molecule has 0 radical (unpaired) electrons. The van der Waals surface area contributed by atoms with Gasteiger partial charge in [-0.05, 0) is 48.9 Å². The standard InChI is InChI=1S/C21H19F3N4O.ClH/c22-16-4-2-12(9-18(16)24)14-5-7-25-11-20(14)27-21(29)15-3-1-13(10-17(15)23)19-6-8-26-28-19;/h1-4,6,8-10,14,20,25H,5,7,11H2,(H,26,28)(H,27,29);1H/t14-,20+;/m0./s1. The van der Waals surface area contributed by atoms with Crippen LogP contribution in [0.25, 0.3) is 11.3 Å². The Kier molecular flexibility index (Phi) is 6.79. The summed E-state index contributed by atoms with van der Waals surface area (Å²) in [4.78, 5) is 12.7. The lowest BCUT2D eigenvalue weighted by Gasteiger charge is -2.33. The maximum Gasteiger partial charge on any atom is 0.254 e. The number of hydrogen-bond acceptors (Lipinski definition) is 3. The Hall–Kier alpha value is -2.84. The summed E-state index contributed by atoms with van der Waals surface area (Å²) in [5.74, 6) is -3.25. The van der Waals surface area contributed by atoms with E-state index < -0.39 is 23.4 Å². The van der Waals surface area contributed by atoms with Gasteiger partial charge in [0.2, 0.25) is 0 Å². The predicted octanol–water partition coefficient (Wildman–Crippen LogP) is 3.79. The number of H-pyrrole nitrogens is 1. The van der Waals surface area contributed by atoms with E-state index in [2.05, 4.69) is 20.8 Å². The molecule has 1 aliphatic rings. The SMILES string of the molecule is Cl.O=C(N[C@@H]1CNCC[C@H]1c1ccc(F)c(F)c1)c1ccc(-c2ccn[nH]2)cc1F. The van der Waals surface area contributed by atoms with Gasteiger partial charge in [-0.15, -0.1) is 12.4 Å². The largest absolute Gasteiger partial charge is 0.347 e. The topological polar surface area (TPSA) is 69.8 Å². The maximum atomic E-state index is 14.6. The second-order valence-electron chi connectivity index (χ2n) is 7.02. The van der Waals surface area contributed by atoms with Crippen LogP contribution in [0.15, 0.2) is 48.7 Å². The monoisotopic (exact) mass is 436 g/mol. The van der Waals surface area contributed by atoms with Crippen molar-refractivity contribution in [1.82, 2.24) is 20.8 Å². The van der Waals surface area contributed by atoms with E-state index in [1.807, 2.05) is 0 Å². The number of benzene rings is 2. The van der Waals surface area contributed by atoms with Crippen molar-refractivity contribution in [2.24, 2.45) is 0 Å². The molecule has 1 aromatic heterocycles. The van der Waals surface area contributed by atoms with Gasteiger partial charge in [0.05, 0.1) is 11.3 Å². The predicted molar refractivity (Wildman–Crippen MR) is 109 cm³/mol. The average Bonchev–Trinajstić information content (AvgIpc) is 3.25. The van der Waals surface area contributed by atoms with Crippen LogP contribution in [0.2, 0.25) is 0 Å². The molecule has 30 heavy (non-hydrogen) atoms. The minimum Gasteiger partial charge on any atom is -0.347 e. The van der Waals surface area contributed by atoms with E-state index in [1.54, 1.807) is 18.3 Å². The maximum absolute atomic E-state index is 14.6. The Labute approximate surface area is 177 Å². The molecule has 3 N–H and O–H groups in total. The number of rotatable bonds is 4. The molecule has 2 heterocycles. The zero-order valence-electron chi connectivity index (χ0n) is 15.8. The van der Waals surface area contributed by atoms with Crippen molar-refractivity contribution in [3.05, 3.63) is 77.2 Å². The van der Waals surface area contributed by atoms with Gasteiger partial charge < -0.3 is 10.6 Å². The molecule has 2 atom stereocenters. The summed E-state index contributed by atoms with van der Waals surface area (Å²) in [7, 11) is 0. The summed E-state index contributed by atoms with van der Waals surface area (Å²) >= 11 is 0. The molecule has 0 aliphatic carbocycles. The fourth-order valence-corrected chi connectivity index (χ4v) is 3.68. The molecular weight excluding hydrogens is 417 g/mol. The highest BCUT2D eigenvalue weighted by atomic mass is 35.5. The summed E-state index contributed by atoms with van der Waals surface area (Å²) in [5, 5.41) is 12.6. The molecule has 2 aromatic carbocycles. The Bertz CT molecular complexity index is 1030. The molecule has 158 valence electrons. The molecule has 3 aromatic rings. The number of aromatic amines is 1. The van der Waals surface area contributed by atoms with E-state index in [1.165, 1.54) is 18.2 Å². The van der Waals surface area contributed by atoms with E-state index in [-0.39, 0.29) is 29.9 Å². The smallest absolute Gasteiger partial charge is 0.254 e. The second-order valence-corrected chi connectivity index (χ2v) is 7.02. The van der Waals surface area contributed by atoms with E-state index in [4.69, 9.17) is 0 Å². The average molecular weight is 437 g/mol. The van der Waals surface area contributed by atoms with Gasteiger partial charge in [0.15, 0.2) is 11.6 Å². The van der Waals surface area contributed by atoms with Gasteiger partial charge in [-0.2, -0.15) is 5.10 Å². The molecule has 1 aliphatic heterocycles. The normalized spacial score (nSPS) is 18.5. The van der Waals surface area contributed by atoms with Gasteiger partial charge >= 0.3 is 0 Å². The first-order valence-corrected chi connectivity index (χ1v) is 9.29. The van der Waals surface area contributed by atoms with Crippen molar-refractivity contribution in [1.29, 1.82) is 0 Å². The molecular formula is C21H20ClF3N4O. The number of piperidine rings is 1. The van der Waals surface area contributed by atoms with Gasteiger partial charge in [-0.1, -0.05) is 12.1 Å². The lowest BCUT2D eigenvalue weighted by atomic mass is 9.85. The molecule has 0 spiro atoms. The highest BCUT2D eigenvalue weighted by Gasteiger charge is 2.29. The number of nitrogens with one attached hydrogen (secondary N) is 3. The Balaban J connectivity index is 0.00000256. The van der Waals surface area contributed by atoms with Crippen molar-refractivity contribution in [2.45, 2.75) is 18.4 Å². The molecule has 1 fully saturated rings. The quantitative estimate of drug-likeness (QED) is 0.583. The number of aromatic nitrogens is 2. The molecule has 0 bridgehead atoms. The zero-order valence-corrected chi connectivity index (χ0v) is 16.6. The third kappa shape index (κ3) is 4.49. The third-order valence-corrected chi connectivity index (χ3v) is 5.20. The number of carbonyl (C=O) groups excluding carboxylic acids is 1. The highest BCUT2D eigenvalue weighted by molar-refractivity contribution is 5.95. The molecule has 0 saturated carbocycles. The van der Waals surface area contributed by atoms with Crippen LogP contribution < -0.4 is 10.6 Å². The zero-order chi connectivity index (χ0) is 20.4. The summed E-state index contributed by atoms with van der Waals surface area (Å²) in [6, 6.07) is 9.41. The highest BCUT2D eigenvalue weighted by Crippen LogP contribution is 2.27. The third-order valence-electron chi connectivity index (χ3n) is 5.20.